The van der Waals surface area contributed by atoms with Crippen LogP contribution in [0.1, 0.15) is 18.9 Å². The SMILES string of the molecule is CC1=CC(n2c3ccccc3c3ccccc32)=CC(c2ccccc2)=CC1. The van der Waals surface area contributed by atoms with E-state index in [9.17, 15) is 0 Å². The first kappa shape index (κ1) is 15.9. The molecule has 0 N–H and O–H groups in total. The van der Waals surface area contributed by atoms with Crippen LogP contribution in [-0.2, 0) is 0 Å². The van der Waals surface area contributed by atoms with Crippen LogP contribution >= 0.6 is 0 Å². The number of benzene rings is 3. The van der Waals surface area contributed by atoms with Crippen molar-refractivity contribution in [1.29, 1.82) is 0 Å². The third-order valence-electron chi connectivity index (χ3n) is 5.29. The average Bonchev–Trinajstić information content (AvgIpc) is 2.93. The lowest BCUT2D eigenvalue weighted by Crippen LogP contribution is -1.95. The normalized spacial score (nSPS) is 14.6. The van der Waals surface area contributed by atoms with Gasteiger partial charge in [0, 0.05) is 16.5 Å². The summed E-state index contributed by atoms with van der Waals surface area (Å²) >= 11 is 0. The lowest BCUT2D eigenvalue weighted by atomic mass is 10.0. The fraction of sp³-hybridized carbons (Fsp3) is 0.0769. The van der Waals surface area contributed by atoms with Gasteiger partial charge >= 0.3 is 0 Å². The molecule has 0 fully saturated rings. The van der Waals surface area contributed by atoms with Crippen LogP contribution in [0.5, 0.6) is 0 Å². The molecule has 0 unspecified atom stereocenters. The van der Waals surface area contributed by atoms with Crippen molar-refractivity contribution >= 4 is 33.1 Å². The Hall–Kier alpha value is -3.32. The first-order chi connectivity index (χ1) is 13.3. The first-order valence-corrected chi connectivity index (χ1v) is 9.44. The molecular weight excluding hydrogens is 326 g/mol. The molecule has 4 aromatic rings. The van der Waals surface area contributed by atoms with E-state index < -0.39 is 0 Å². The third kappa shape index (κ3) is 2.72. The second-order valence-electron chi connectivity index (χ2n) is 7.16. The zero-order chi connectivity index (χ0) is 18.2. The Morgan fingerprint density at radius 2 is 1.26 bits per heavy atom. The van der Waals surface area contributed by atoms with Crippen molar-refractivity contribution in [2.75, 3.05) is 0 Å². The summed E-state index contributed by atoms with van der Waals surface area (Å²) in [6.45, 7) is 2.21. The number of nitrogens with zero attached hydrogens (tertiary/aromatic N) is 1. The van der Waals surface area contributed by atoms with Crippen LogP contribution in [0.4, 0.5) is 0 Å². The van der Waals surface area contributed by atoms with Gasteiger partial charge in [0.05, 0.1) is 11.0 Å². The minimum absolute atomic E-state index is 0.974. The summed E-state index contributed by atoms with van der Waals surface area (Å²) in [5.41, 5.74) is 7.64. The van der Waals surface area contributed by atoms with Crippen molar-refractivity contribution in [3.63, 3.8) is 0 Å². The molecule has 5 rings (SSSR count). The molecule has 1 aliphatic carbocycles. The minimum atomic E-state index is 0.974. The van der Waals surface area contributed by atoms with E-state index in [1.165, 1.54) is 44.2 Å². The molecule has 1 aliphatic rings. The number of aromatic nitrogens is 1. The number of hydrogen-bond acceptors (Lipinski definition) is 0. The summed E-state index contributed by atoms with van der Waals surface area (Å²) in [7, 11) is 0. The summed E-state index contributed by atoms with van der Waals surface area (Å²) in [5.74, 6) is 0. The Bertz CT molecular complexity index is 1180. The predicted octanol–water partition coefficient (Wildman–Crippen LogP) is 7.07. The lowest BCUT2D eigenvalue weighted by molar-refractivity contribution is 1.19. The average molecular weight is 347 g/mol. The van der Waals surface area contributed by atoms with Gasteiger partial charge in [-0.25, -0.2) is 0 Å². The second kappa shape index (κ2) is 6.44. The molecule has 1 heterocycles. The van der Waals surface area contributed by atoms with E-state index in [4.69, 9.17) is 0 Å². The maximum atomic E-state index is 2.40. The van der Waals surface area contributed by atoms with Crippen molar-refractivity contribution in [3.05, 3.63) is 108 Å². The standard InChI is InChI=1S/C26H21N/c1-19-15-16-21(20-9-3-2-4-10-20)18-22(17-19)27-25-13-7-5-11-23(25)24-12-6-8-14-26(24)27/h2-14,16-18H,15H2,1H3. The van der Waals surface area contributed by atoms with Gasteiger partial charge in [-0.15, -0.1) is 0 Å². The van der Waals surface area contributed by atoms with Crippen LogP contribution in [0.3, 0.4) is 0 Å². The van der Waals surface area contributed by atoms with Crippen molar-refractivity contribution in [2.24, 2.45) is 0 Å². The molecule has 1 aromatic heterocycles. The van der Waals surface area contributed by atoms with Crippen LogP contribution in [0.25, 0.3) is 33.1 Å². The molecule has 3 aromatic carbocycles. The van der Waals surface area contributed by atoms with Crippen LogP contribution in [0, 0.1) is 0 Å². The van der Waals surface area contributed by atoms with Crippen molar-refractivity contribution in [2.45, 2.75) is 13.3 Å². The number of fused-ring (bicyclic) bond motifs is 3. The Labute approximate surface area is 159 Å². The number of allylic oxidation sites excluding steroid dienone is 6. The fourth-order valence-electron chi connectivity index (χ4n) is 4.00. The summed E-state index contributed by atoms with van der Waals surface area (Å²) in [5, 5.41) is 2.60. The molecule has 0 spiro atoms. The monoisotopic (exact) mass is 347 g/mol. The van der Waals surface area contributed by atoms with Crippen molar-refractivity contribution in [1.82, 2.24) is 4.57 Å². The number of hydrogen-bond donors (Lipinski definition) is 0. The van der Waals surface area contributed by atoms with Gasteiger partial charge in [-0.3, -0.25) is 0 Å². The third-order valence-corrected chi connectivity index (χ3v) is 5.29. The second-order valence-corrected chi connectivity index (χ2v) is 7.16. The highest BCUT2D eigenvalue weighted by Crippen LogP contribution is 2.34. The van der Waals surface area contributed by atoms with Crippen LogP contribution in [0.2, 0.25) is 0 Å². The summed E-state index contributed by atoms with van der Waals surface area (Å²) in [6, 6.07) is 28.0. The maximum Gasteiger partial charge on any atom is 0.0541 e. The van der Waals surface area contributed by atoms with Gasteiger partial charge < -0.3 is 4.57 Å². The van der Waals surface area contributed by atoms with E-state index in [0.717, 1.165) is 6.42 Å². The van der Waals surface area contributed by atoms with E-state index >= 15 is 0 Å². The highest BCUT2D eigenvalue weighted by Gasteiger charge is 2.14. The molecule has 0 radical (unpaired) electrons. The molecular formula is C26H21N. The molecule has 0 bridgehead atoms. The summed E-state index contributed by atoms with van der Waals surface area (Å²) in [6.07, 6.45) is 7.96. The molecule has 0 atom stereocenters. The van der Waals surface area contributed by atoms with Gasteiger partial charge in [0.2, 0.25) is 0 Å². The smallest absolute Gasteiger partial charge is 0.0541 e. The highest BCUT2D eigenvalue weighted by atomic mass is 15.0. The van der Waals surface area contributed by atoms with E-state index in [2.05, 4.69) is 109 Å². The Balaban J connectivity index is 1.81. The number of para-hydroxylation sites is 2. The minimum Gasteiger partial charge on any atom is -0.309 e. The molecule has 1 heteroatoms. The van der Waals surface area contributed by atoms with Crippen LogP contribution < -0.4 is 0 Å². The first-order valence-electron chi connectivity index (χ1n) is 9.44. The van der Waals surface area contributed by atoms with Crippen molar-refractivity contribution < 1.29 is 0 Å². The van der Waals surface area contributed by atoms with Crippen LogP contribution in [-0.4, -0.2) is 4.57 Å². The Kier molecular flexibility index (Phi) is 3.79. The van der Waals surface area contributed by atoms with Gasteiger partial charge in [0.25, 0.3) is 0 Å². The van der Waals surface area contributed by atoms with Gasteiger partial charge in [-0.2, -0.15) is 0 Å². The zero-order valence-electron chi connectivity index (χ0n) is 15.4. The zero-order valence-corrected chi connectivity index (χ0v) is 15.4. The quantitative estimate of drug-likeness (QED) is 0.365. The number of rotatable bonds is 2. The largest absolute Gasteiger partial charge is 0.309 e. The van der Waals surface area contributed by atoms with E-state index in [1.54, 1.807) is 0 Å². The Morgan fingerprint density at radius 1 is 0.667 bits per heavy atom. The topological polar surface area (TPSA) is 4.93 Å². The summed E-state index contributed by atoms with van der Waals surface area (Å²) < 4.78 is 2.40. The molecule has 130 valence electrons. The highest BCUT2D eigenvalue weighted by molar-refractivity contribution is 6.10. The Morgan fingerprint density at radius 3 is 1.93 bits per heavy atom. The lowest BCUT2D eigenvalue weighted by Gasteiger charge is -2.10. The molecule has 0 saturated heterocycles. The molecule has 0 aliphatic heterocycles. The van der Waals surface area contributed by atoms with E-state index in [-0.39, 0.29) is 0 Å². The van der Waals surface area contributed by atoms with Crippen LogP contribution in [0.15, 0.2) is 103 Å². The summed E-state index contributed by atoms with van der Waals surface area (Å²) in [4.78, 5) is 0. The van der Waals surface area contributed by atoms with Gasteiger partial charge in [-0.05, 0) is 48.8 Å². The molecule has 0 saturated carbocycles. The molecule has 27 heavy (non-hydrogen) atoms. The van der Waals surface area contributed by atoms with Crippen molar-refractivity contribution in [3.8, 4) is 0 Å². The van der Waals surface area contributed by atoms with E-state index in [0.29, 0.717) is 0 Å². The van der Waals surface area contributed by atoms with Gasteiger partial charge in [0.1, 0.15) is 0 Å². The molecule has 0 amide bonds. The fourth-order valence-corrected chi connectivity index (χ4v) is 4.00. The molecule has 1 nitrogen and oxygen atoms in total. The van der Waals surface area contributed by atoms with Gasteiger partial charge in [-0.1, -0.05) is 78.4 Å². The predicted molar refractivity (Wildman–Crippen MR) is 117 cm³/mol. The van der Waals surface area contributed by atoms with Gasteiger partial charge in [0.15, 0.2) is 0 Å². The maximum absolute atomic E-state index is 2.40. The van der Waals surface area contributed by atoms with E-state index in [1.807, 2.05) is 0 Å².